The van der Waals surface area contributed by atoms with Crippen molar-refractivity contribution in [3.05, 3.63) is 23.5 Å². The van der Waals surface area contributed by atoms with Crippen LogP contribution in [0.5, 0.6) is 0 Å². The molecule has 1 amide bonds. The van der Waals surface area contributed by atoms with Crippen LogP contribution in [0.25, 0.3) is 11.1 Å². The molecule has 0 radical (unpaired) electrons. The largest absolute Gasteiger partial charge is 0.349 e. The molecule has 5 heteroatoms. The molecule has 5 nitrogen and oxygen atoms in total. The van der Waals surface area contributed by atoms with Crippen LogP contribution in [0, 0.1) is 23.2 Å². The standard InChI is InChI=1S/C22H29N3O2/c1-12(2)19-18-7-17(11-23-21(18)27-25-19)20(26)24-13(3)22-8-14-4-15(9-22)6-16(5-14)10-22/h7,11-16H,4-6,8-10H2,1-3H3,(H,24,26). The van der Waals surface area contributed by atoms with Crippen molar-refractivity contribution < 1.29 is 9.32 Å². The van der Waals surface area contributed by atoms with Gasteiger partial charge in [-0.25, -0.2) is 4.98 Å². The zero-order chi connectivity index (χ0) is 18.8. The quantitative estimate of drug-likeness (QED) is 0.852. The fraction of sp³-hybridized carbons (Fsp3) is 0.682. The van der Waals surface area contributed by atoms with Crippen molar-refractivity contribution in [3.63, 3.8) is 0 Å². The number of nitrogens with one attached hydrogen (secondary N) is 1. The molecule has 0 spiro atoms. The van der Waals surface area contributed by atoms with Crippen LogP contribution >= 0.6 is 0 Å². The van der Waals surface area contributed by atoms with E-state index in [9.17, 15) is 4.79 Å². The fourth-order valence-corrected chi connectivity index (χ4v) is 6.53. The summed E-state index contributed by atoms with van der Waals surface area (Å²) in [6.45, 7) is 6.36. The molecule has 1 atom stereocenters. The molecule has 144 valence electrons. The van der Waals surface area contributed by atoms with Crippen molar-refractivity contribution in [2.45, 2.75) is 71.3 Å². The minimum atomic E-state index is -0.0245. The maximum absolute atomic E-state index is 13.0. The second kappa shape index (κ2) is 6.05. The molecule has 0 aliphatic heterocycles. The third kappa shape index (κ3) is 2.77. The third-order valence-electron chi connectivity index (χ3n) is 7.52. The van der Waals surface area contributed by atoms with Crippen LogP contribution in [-0.4, -0.2) is 22.1 Å². The van der Waals surface area contributed by atoms with Gasteiger partial charge in [0.1, 0.15) is 0 Å². The number of carbonyl (C=O) groups is 1. The lowest BCUT2D eigenvalue weighted by atomic mass is 9.48. The van der Waals surface area contributed by atoms with Crippen molar-refractivity contribution in [1.29, 1.82) is 0 Å². The van der Waals surface area contributed by atoms with Crippen LogP contribution in [0.15, 0.2) is 16.8 Å². The first-order chi connectivity index (χ1) is 12.9. The van der Waals surface area contributed by atoms with Gasteiger partial charge in [-0.1, -0.05) is 19.0 Å². The lowest BCUT2D eigenvalue weighted by Crippen LogP contribution is -2.55. The molecule has 0 saturated heterocycles. The second-order valence-corrected chi connectivity index (χ2v) is 9.77. The highest BCUT2D eigenvalue weighted by Crippen LogP contribution is 2.61. The van der Waals surface area contributed by atoms with E-state index < -0.39 is 0 Å². The van der Waals surface area contributed by atoms with Gasteiger partial charge >= 0.3 is 0 Å². The van der Waals surface area contributed by atoms with E-state index in [1.807, 2.05) is 6.07 Å². The van der Waals surface area contributed by atoms with E-state index in [4.69, 9.17) is 4.52 Å². The van der Waals surface area contributed by atoms with Gasteiger partial charge in [0.25, 0.3) is 11.6 Å². The van der Waals surface area contributed by atoms with Crippen LogP contribution in [0.1, 0.15) is 81.3 Å². The number of hydrogen-bond acceptors (Lipinski definition) is 4. The zero-order valence-electron chi connectivity index (χ0n) is 16.5. The van der Waals surface area contributed by atoms with Gasteiger partial charge in [0.05, 0.1) is 16.6 Å². The average Bonchev–Trinajstić information content (AvgIpc) is 3.03. The Bertz CT molecular complexity index is 850. The van der Waals surface area contributed by atoms with Gasteiger partial charge in [0.2, 0.25) is 0 Å². The van der Waals surface area contributed by atoms with E-state index in [-0.39, 0.29) is 17.9 Å². The number of pyridine rings is 1. The molecule has 0 aromatic carbocycles. The van der Waals surface area contributed by atoms with Crippen LogP contribution < -0.4 is 5.32 Å². The third-order valence-corrected chi connectivity index (χ3v) is 7.52. The highest BCUT2D eigenvalue weighted by molar-refractivity contribution is 5.97. The SMILES string of the molecule is CC(C)c1noc2ncc(C(=O)NC(C)C34CC5CC(CC(C5)C3)C4)cc12. The van der Waals surface area contributed by atoms with Crippen molar-refractivity contribution in [2.75, 3.05) is 0 Å². The predicted molar refractivity (Wildman–Crippen MR) is 103 cm³/mol. The molecule has 4 aliphatic carbocycles. The summed E-state index contributed by atoms with van der Waals surface area (Å²) in [5, 5.41) is 8.29. The number of hydrogen-bond donors (Lipinski definition) is 1. The number of aromatic nitrogens is 2. The summed E-state index contributed by atoms with van der Waals surface area (Å²) in [6, 6.07) is 2.09. The Hall–Kier alpha value is -1.91. The number of fused-ring (bicyclic) bond motifs is 1. The minimum Gasteiger partial charge on any atom is -0.349 e. The molecule has 2 aromatic rings. The Kier molecular flexibility index (Phi) is 3.85. The van der Waals surface area contributed by atoms with Gasteiger partial charge in [0.15, 0.2) is 0 Å². The number of carbonyl (C=O) groups excluding carboxylic acids is 1. The maximum atomic E-state index is 13.0. The van der Waals surface area contributed by atoms with E-state index in [1.165, 1.54) is 38.5 Å². The molecular formula is C22H29N3O2. The first-order valence-electron chi connectivity index (χ1n) is 10.5. The van der Waals surface area contributed by atoms with Crippen LogP contribution in [0.4, 0.5) is 0 Å². The summed E-state index contributed by atoms with van der Waals surface area (Å²) in [5.41, 5.74) is 2.28. The number of nitrogens with zero attached hydrogens (tertiary/aromatic N) is 2. The summed E-state index contributed by atoms with van der Waals surface area (Å²) in [7, 11) is 0. The average molecular weight is 367 g/mol. The van der Waals surface area contributed by atoms with E-state index in [0.29, 0.717) is 16.7 Å². The highest BCUT2D eigenvalue weighted by Gasteiger charge is 2.53. The predicted octanol–water partition coefficient (Wildman–Crippen LogP) is 4.68. The molecule has 4 saturated carbocycles. The molecule has 2 heterocycles. The minimum absolute atomic E-state index is 0.0245. The summed E-state index contributed by atoms with van der Waals surface area (Å²) in [5.74, 6) is 2.87. The van der Waals surface area contributed by atoms with Crippen molar-refractivity contribution in [3.8, 4) is 0 Å². The van der Waals surface area contributed by atoms with Gasteiger partial charge in [0, 0.05) is 12.2 Å². The van der Waals surface area contributed by atoms with Crippen molar-refractivity contribution in [1.82, 2.24) is 15.5 Å². The Labute approximate surface area is 160 Å². The molecule has 4 bridgehead atoms. The van der Waals surface area contributed by atoms with Crippen molar-refractivity contribution >= 4 is 17.0 Å². The number of amides is 1. The molecular weight excluding hydrogens is 338 g/mol. The summed E-state index contributed by atoms with van der Waals surface area (Å²) < 4.78 is 5.30. The Balaban J connectivity index is 1.37. The van der Waals surface area contributed by atoms with E-state index >= 15 is 0 Å². The zero-order valence-corrected chi connectivity index (χ0v) is 16.5. The van der Waals surface area contributed by atoms with Gasteiger partial charge in [-0.2, -0.15) is 0 Å². The van der Waals surface area contributed by atoms with Gasteiger partial charge in [-0.15, -0.1) is 0 Å². The van der Waals surface area contributed by atoms with Crippen LogP contribution in [-0.2, 0) is 0 Å². The Morgan fingerprint density at radius 3 is 2.37 bits per heavy atom. The fourth-order valence-electron chi connectivity index (χ4n) is 6.53. The molecule has 6 rings (SSSR count). The summed E-state index contributed by atoms with van der Waals surface area (Å²) >= 11 is 0. The Morgan fingerprint density at radius 2 is 1.78 bits per heavy atom. The lowest BCUT2D eigenvalue weighted by molar-refractivity contribution is -0.0688. The lowest BCUT2D eigenvalue weighted by Gasteiger charge is -2.59. The van der Waals surface area contributed by atoms with E-state index in [2.05, 4.69) is 36.2 Å². The molecule has 27 heavy (non-hydrogen) atoms. The Morgan fingerprint density at radius 1 is 1.15 bits per heavy atom. The second-order valence-electron chi connectivity index (χ2n) is 9.77. The van der Waals surface area contributed by atoms with Gasteiger partial charge in [-0.3, -0.25) is 4.79 Å². The van der Waals surface area contributed by atoms with Gasteiger partial charge < -0.3 is 9.84 Å². The van der Waals surface area contributed by atoms with Gasteiger partial charge in [-0.05, 0) is 80.6 Å². The van der Waals surface area contributed by atoms with E-state index in [0.717, 1.165) is 28.8 Å². The summed E-state index contributed by atoms with van der Waals surface area (Å²) in [6.07, 6.45) is 9.76. The molecule has 2 aromatic heterocycles. The first kappa shape index (κ1) is 17.2. The van der Waals surface area contributed by atoms with E-state index in [1.54, 1.807) is 6.20 Å². The normalized spacial score (nSPS) is 33.0. The molecule has 4 aliphatic rings. The maximum Gasteiger partial charge on any atom is 0.257 e. The highest BCUT2D eigenvalue weighted by atomic mass is 16.5. The van der Waals surface area contributed by atoms with Crippen molar-refractivity contribution in [2.24, 2.45) is 23.2 Å². The monoisotopic (exact) mass is 367 g/mol. The van der Waals surface area contributed by atoms with Crippen LogP contribution in [0.3, 0.4) is 0 Å². The van der Waals surface area contributed by atoms with Crippen LogP contribution in [0.2, 0.25) is 0 Å². The smallest absolute Gasteiger partial charge is 0.257 e. The molecule has 4 fully saturated rings. The molecule has 1 unspecified atom stereocenters. The topological polar surface area (TPSA) is 68.0 Å². The summed E-state index contributed by atoms with van der Waals surface area (Å²) in [4.78, 5) is 17.3. The first-order valence-corrected chi connectivity index (χ1v) is 10.5. The molecule has 1 N–H and O–H groups in total. The number of rotatable bonds is 4.